The Morgan fingerprint density at radius 2 is 1.66 bits per heavy atom. The highest BCUT2D eigenvalue weighted by molar-refractivity contribution is 6.10. The van der Waals surface area contributed by atoms with Crippen LogP contribution in [0.1, 0.15) is 54.2 Å². The molecule has 1 atom stereocenters. The standard InChI is InChI=1S/C28H32O4/c1-5-22-12-14-27(25(19-22)28(29)23-10-8-7-9-11-23)32-21(4)16-17-31-24-13-15-26(30-6-2)20(3)18-24/h7-15,18-19,21H,5-6,16-17H2,1-4H3. The molecule has 0 aromatic heterocycles. The van der Waals surface area contributed by atoms with Crippen molar-refractivity contribution in [1.29, 1.82) is 0 Å². The Morgan fingerprint density at radius 1 is 0.906 bits per heavy atom. The van der Waals surface area contributed by atoms with Crippen LogP contribution >= 0.6 is 0 Å². The predicted octanol–water partition coefficient (Wildman–Crippen LogP) is 6.42. The second-order valence-electron chi connectivity index (χ2n) is 7.81. The minimum Gasteiger partial charge on any atom is -0.494 e. The monoisotopic (exact) mass is 432 g/mol. The number of rotatable bonds is 11. The van der Waals surface area contributed by atoms with Crippen molar-refractivity contribution in [2.45, 2.75) is 46.6 Å². The minimum absolute atomic E-state index is 0.0239. The van der Waals surface area contributed by atoms with Crippen molar-refractivity contribution in [2.75, 3.05) is 13.2 Å². The molecule has 168 valence electrons. The van der Waals surface area contributed by atoms with Gasteiger partial charge in [0.15, 0.2) is 5.78 Å². The maximum Gasteiger partial charge on any atom is 0.196 e. The molecule has 3 aromatic rings. The minimum atomic E-state index is -0.103. The number of carbonyl (C=O) groups is 1. The topological polar surface area (TPSA) is 44.8 Å². The lowest BCUT2D eigenvalue weighted by Crippen LogP contribution is -2.18. The smallest absolute Gasteiger partial charge is 0.196 e. The lowest BCUT2D eigenvalue weighted by atomic mass is 9.99. The molecule has 0 fully saturated rings. The van der Waals surface area contributed by atoms with Gasteiger partial charge in [0.2, 0.25) is 0 Å². The third-order valence-corrected chi connectivity index (χ3v) is 5.30. The van der Waals surface area contributed by atoms with Gasteiger partial charge in [0, 0.05) is 12.0 Å². The average Bonchev–Trinajstić information content (AvgIpc) is 2.81. The van der Waals surface area contributed by atoms with Gasteiger partial charge in [0.1, 0.15) is 17.2 Å². The zero-order valence-electron chi connectivity index (χ0n) is 19.4. The van der Waals surface area contributed by atoms with Crippen molar-refractivity contribution in [3.63, 3.8) is 0 Å². The molecule has 0 spiro atoms. The lowest BCUT2D eigenvalue weighted by molar-refractivity contribution is 0.103. The molecule has 3 rings (SSSR count). The highest BCUT2D eigenvalue weighted by Crippen LogP contribution is 2.26. The normalized spacial score (nSPS) is 11.6. The van der Waals surface area contributed by atoms with Gasteiger partial charge in [-0.25, -0.2) is 0 Å². The highest BCUT2D eigenvalue weighted by atomic mass is 16.5. The zero-order chi connectivity index (χ0) is 22.9. The lowest BCUT2D eigenvalue weighted by Gasteiger charge is -2.18. The van der Waals surface area contributed by atoms with E-state index in [4.69, 9.17) is 14.2 Å². The van der Waals surface area contributed by atoms with Crippen LogP contribution in [0, 0.1) is 6.92 Å². The molecule has 0 saturated heterocycles. The summed E-state index contributed by atoms with van der Waals surface area (Å²) < 4.78 is 17.7. The Labute approximate surface area is 191 Å². The van der Waals surface area contributed by atoms with Gasteiger partial charge in [-0.3, -0.25) is 4.79 Å². The molecule has 0 amide bonds. The Bertz CT molecular complexity index is 1030. The van der Waals surface area contributed by atoms with Crippen molar-refractivity contribution in [2.24, 2.45) is 0 Å². The van der Waals surface area contributed by atoms with Crippen molar-refractivity contribution < 1.29 is 19.0 Å². The molecule has 0 aliphatic carbocycles. The van der Waals surface area contributed by atoms with Gasteiger partial charge >= 0.3 is 0 Å². The molecular weight excluding hydrogens is 400 g/mol. The number of hydrogen-bond acceptors (Lipinski definition) is 4. The van der Waals surface area contributed by atoms with Crippen LogP contribution in [0.25, 0.3) is 0 Å². The maximum absolute atomic E-state index is 13.1. The molecular formula is C28H32O4. The van der Waals surface area contributed by atoms with Gasteiger partial charge in [-0.05, 0) is 68.7 Å². The highest BCUT2D eigenvalue weighted by Gasteiger charge is 2.17. The second kappa shape index (κ2) is 11.4. The van der Waals surface area contributed by atoms with Gasteiger partial charge in [0.05, 0.1) is 24.9 Å². The van der Waals surface area contributed by atoms with E-state index in [2.05, 4.69) is 6.92 Å². The number of ether oxygens (including phenoxy) is 3. The van der Waals surface area contributed by atoms with Gasteiger partial charge in [-0.15, -0.1) is 0 Å². The number of ketones is 1. The van der Waals surface area contributed by atoms with Crippen LogP contribution < -0.4 is 14.2 Å². The summed E-state index contributed by atoms with van der Waals surface area (Å²) >= 11 is 0. The summed E-state index contributed by atoms with van der Waals surface area (Å²) in [7, 11) is 0. The first-order chi connectivity index (χ1) is 15.5. The predicted molar refractivity (Wildman–Crippen MR) is 128 cm³/mol. The first kappa shape index (κ1) is 23.4. The molecule has 0 radical (unpaired) electrons. The number of benzene rings is 3. The van der Waals surface area contributed by atoms with E-state index >= 15 is 0 Å². The van der Waals surface area contributed by atoms with Gasteiger partial charge < -0.3 is 14.2 Å². The Kier molecular flexibility index (Phi) is 8.32. The van der Waals surface area contributed by atoms with E-state index in [1.165, 1.54) is 0 Å². The summed E-state index contributed by atoms with van der Waals surface area (Å²) in [4.78, 5) is 13.1. The fraction of sp³-hybridized carbons (Fsp3) is 0.321. The first-order valence-electron chi connectivity index (χ1n) is 11.3. The molecule has 0 saturated carbocycles. The van der Waals surface area contributed by atoms with Crippen LogP contribution in [-0.4, -0.2) is 25.1 Å². The van der Waals surface area contributed by atoms with Crippen molar-refractivity contribution >= 4 is 5.78 Å². The summed E-state index contributed by atoms with van der Waals surface area (Å²) in [5, 5.41) is 0. The zero-order valence-corrected chi connectivity index (χ0v) is 19.4. The molecule has 4 heteroatoms. The van der Waals surface area contributed by atoms with Crippen LogP contribution in [0.3, 0.4) is 0 Å². The molecule has 32 heavy (non-hydrogen) atoms. The number of aryl methyl sites for hydroxylation is 2. The van der Waals surface area contributed by atoms with Gasteiger partial charge in [-0.2, -0.15) is 0 Å². The third kappa shape index (κ3) is 6.13. The van der Waals surface area contributed by atoms with E-state index in [1.54, 1.807) is 0 Å². The summed E-state index contributed by atoms with van der Waals surface area (Å²) in [6.45, 7) is 9.22. The maximum atomic E-state index is 13.1. The fourth-order valence-electron chi connectivity index (χ4n) is 3.47. The third-order valence-electron chi connectivity index (χ3n) is 5.30. The van der Waals surface area contributed by atoms with Crippen LogP contribution in [0.5, 0.6) is 17.2 Å². The molecule has 0 aliphatic heterocycles. The quantitative estimate of drug-likeness (QED) is 0.328. The average molecular weight is 433 g/mol. The molecule has 0 bridgehead atoms. The largest absolute Gasteiger partial charge is 0.494 e. The second-order valence-corrected chi connectivity index (χ2v) is 7.81. The van der Waals surface area contributed by atoms with Crippen molar-refractivity contribution in [3.05, 3.63) is 89.0 Å². The van der Waals surface area contributed by atoms with E-state index < -0.39 is 0 Å². The number of hydrogen-bond donors (Lipinski definition) is 0. The molecule has 3 aromatic carbocycles. The summed E-state index contributed by atoms with van der Waals surface area (Å²) in [5.41, 5.74) is 3.42. The Balaban J connectivity index is 1.64. The van der Waals surface area contributed by atoms with Crippen LogP contribution in [0.2, 0.25) is 0 Å². The SMILES string of the molecule is CCOc1ccc(OCCC(C)Oc2ccc(CC)cc2C(=O)c2ccccc2)cc1C. The van der Waals surface area contributed by atoms with E-state index in [0.717, 1.165) is 29.0 Å². The van der Waals surface area contributed by atoms with Crippen LogP contribution in [0.15, 0.2) is 66.7 Å². The summed E-state index contributed by atoms with van der Waals surface area (Å²) in [6.07, 6.45) is 1.45. The van der Waals surface area contributed by atoms with Crippen LogP contribution in [-0.2, 0) is 6.42 Å². The first-order valence-corrected chi connectivity index (χ1v) is 11.3. The summed E-state index contributed by atoms with van der Waals surface area (Å²) in [6, 6.07) is 21.0. The Morgan fingerprint density at radius 3 is 2.34 bits per heavy atom. The van der Waals surface area contributed by atoms with Crippen LogP contribution in [0.4, 0.5) is 0 Å². The van der Waals surface area contributed by atoms with Gasteiger partial charge in [-0.1, -0.05) is 43.3 Å². The van der Waals surface area contributed by atoms with Crippen molar-refractivity contribution in [3.8, 4) is 17.2 Å². The van der Waals surface area contributed by atoms with E-state index in [-0.39, 0.29) is 11.9 Å². The Hall–Kier alpha value is -3.27. The summed E-state index contributed by atoms with van der Waals surface area (Å²) in [5.74, 6) is 2.28. The molecule has 0 heterocycles. The van der Waals surface area contributed by atoms with E-state index in [9.17, 15) is 4.79 Å². The van der Waals surface area contributed by atoms with Gasteiger partial charge in [0.25, 0.3) is 0 Å². The van der Waals surface area contributed by atoms with E-state index in [1.807, 2.05) is 87.5 Å². The fourth-order valence-corrected chi connectivity index (χ4v) is 3.47. The van der Waals surface area contributed by atoms with Crippen molar-refractivity contribution in [1.82, 2.24) is 0 Å². The van der Waals surface area contributed by atoms with E-state index in [0.29, 0.717) is 36.5 Å². The molecule has 1 unspecified atom stereocenters. The molecule has 0 aliphatic rings. The molecule has 0 N–H and O–H groups in total. The number of carbonyl (C=O) groups excluding carboxylic acids is 1. The molecule has 4 nitrogen and oxygen atoms in total.